The van der Waals surface area contributed by atoms with Gasteiger partial charge in [-0.05, 0) is 50.0 Å². The molecule has 1 N–H and O–H groups in total. The van der Waals surface area contributed by atoms with Crippen molar-refractivity contribution >= 4 is 21.5 Å². The molecule has 8 heteroatoms. The number of rotatable bonds is 2. The fraction of sp³-hybridized carbons (Fsp3) is 0.619. The van der Waals surface area contributed by atoms with E-state index >= 15 is 0 Å². The molecule has 2 unspecified atom stereocenters. The van der Waals surface area contributed by atoms with Crippen LogP contribution in [0.4, 0.5) is 4.39 Å². The summed E-state index contributed by atoms with van der Waals surface area (Å²) in [5.41, 5.74) is 0.843. The minimum atomic E-state index is -2.41. The van der Waals surface area contributed by atoms with Crippen LogP contribution < -0.4 is 9.46 Å². The number of fused-ring (bicyclic) bond motifs is 5. The summed E-state index contributed by atoms with van der Waals surface area (Å²) in [6, 6.07) is 4.58. The van der Waals surface area contributed by atoms with E-state index in [1.165, 1.54) is 6.07 Å². The maximum atomic E-state index is 14.5. The van der Waals surface area contributed by atoms with Gasteiger partial charge in [0.05, 0.1) is 18.8 Å². The Kier molecular flexibility index (Phi) is 5.86. The standard InChI is InChI=1S/C21H29FN2O4S/c1-29(2,26)23-18-10-11-24-19(18)12-27-15-8-6-14(7-9-15)16-4-3-5-17(22)21(16)28-13-20(24)25/h3-5,14-15,18-19H,1,6-13H2,2H3,(H,23,26)/t14?,15?,18-,19?,29?/m0/s1. The number of hydrogen-bond acceptors (Lipinski definition) is 4. The van der Waals surface area contributed by atoms with Crippen molar-refractivity contribution in [1.82, 2.24) is 9.62 Å². The zero-order valence-corrected chi connectivity index (χ0v) is 17.6. The van der Waals surface area contributed by atoms with Gasteiger partial charge in [0.1, 0.15) is 0 Å². The van der Waals surface area contributed by atoms with Crippen molar-refractivity contribution in [2.75, 3.05) is 26.0 Å². The molecule has 0 radical (unpaired) electrons. The fourth-order valence-corrected chi connectivity index (χ4v) is 5.73. The minimum absolute atomic E-state index is 0.119. The third kappa shape index (κ3) is 4.59. The molecule has 0 aromatic heterocycles. The van der Waals surface area contributed by atoms with Gasteiger partial charge >= 0.3 is 0 Å². The van der Waals surface area contributed by atoms with Gasteiger partial charge in [0.2, 0.25) is 0 Å². The van der Waals surface area contributed by atoms with Crippen LogP contribution in [0.15, 0.2) is 18.2 Å². The van der Waals surface area contributed by atoms with E-state index < -0.39 is 15.5 Å². The zero-order chi connectivity index (χ0) is 20.6. The molecular weight excluding hydrogens is 395 g/mol. The summed E-state index contributed by atoms with van der Waals surface area (Å²) in [5, 5.41) is 0. The van der Waals surface area contributed by atoms with Gasteiger partial charge in [0.25, 0.3) is 5.91 Å². The van der Waals surface area contributed by atoms with Crippen molar-refractivity contribution in [3.63, 3.8) is 0 Å². The number of para-hydroxylation sites is 1. The predicted molar refractivity (Wildman–Crippen MR) is 111 cm³/mol. The Morgan fingerprint density at radius 2 is 2.00 bits per heavy atom. The molecule has 4 aliphatic rings. The van der Waals surface area contributed by atoms with Crippen LogP contribution in [0.25, 0.3) is 0 Å². The van der Waals surface area contributed by atoms with Gasteiger partial charge in [-0.2, -0.15) is 0 Å². The largest absolute Gasteiger partial charge is 0.480 e. The Bertz CT molecular complexity index is 867. The molecule has 1 aliphatic carbocycles. The maximum absolute atomic E-state index is 14.5. The van der Waals surface area contributed by atoms with Gasteiger partial charge < -0.3 is 14.4 Å². The van der Waals surface area contributed by atoms with Gasteiger partial charge in [0.15, 0.2) is 18.2 Å². The number of benzene rings is 1. The minimum Gasteiger partial charge on any atom is -0.480 e. The number of ether oxygens (including phenoxy) is 2. The number of amides is 1. The van der Waals surface area contributed by atoms with Crippen LogP contribution in [0, 0.1) is 5.82 Å². The summed E-state index contributed by atoms with van der Waals surface area (Å²) in [5.74, 6) is 3.45. The molecule has 1 aromatic rings. The van der Waals surface area contributed by atoms with E-state index in [1.807, 2.05) is 6.07 Å². The zero-order valence-electron chi connectivity index (χ0n) is 16.8. The van der Waals surface area contributed by atoms with E-state index in [1.54, 1.807) is 17.2 Å². The Morgan fingerprint density at radius 1 is 1.24 bits per heavy atom. The quantitative estimate of drug-likeness (QED) is 0.739. The topological polar surface area (TPSA) is 67.9 Å². The smallest absolute Gasteiger partial charge is 0.260 e. The highest BCUT2D eigenvalue weighted by Crippen LogP contribution is 2.40. The second-order valence-corrected chi connectivity index (χ2v) is 10.7. The van der Waals surface area contributed by atoms with Crippen LogP contribution >= 0.6 is 0 Å². The van der Waals surface area contributed by atoms with Crippen LogP contribution in [-0.2, 0) is 19.2 Å². The third-order valence-electron chi connectivity index (χ3n) is 6.22. The van der Waals surface area contributed by atoms with Gasteiger partial charge in [-0.3, -0.25) is 9.00 Å². The second-order valence-electron chi connectivity index (χ2n) is 8.43. The van der Waals surface area contributed by atoms with Crippen molar-refractivity contribution < 1.29 is 22.9 Å². The van der Waals surface area contributed by atoms with Gasteiger partial charge in [0, 0.05) is 34.1 Å². The normalized spacial score (nSPS) is 32.2. The summed E-state index contributed by atoms with van der Waals surface area (Å²) >= 11 is 0. The fourth-order valence-electron chi connectivity index (χ4n) is 4.82. The molecule has 1 amide bonds. The first-order valence-corrected chi connectivity index (χ1v) is 12.4. The Hall–Kier alpha value is -1.64. The molecule has 0 spiro atoms. The summed E-state index contributed by atoms with van der Waals surface area (Å²) in [6.07, 6.45) is 5.92. The molecule has 3 heterocycles. The monoisotopic (exact) mass is 424 g/mol. The number of nitrogens with one attached hydrogen (secondary N) is 1. The molecule has 3 aliphatic heterocycles. The van der Waals surface area contributed by atoms with E-state index in [9.17, 15) is 13.4 Å². The molecule has 2 bridgehead atoms. The number of nitrogens with zero attached hydrogens (tertiary/aromatic N) is 1. The molecule has 2 fully saturated rings. The van der Waals surface area contributed by atoms with Crippen LogP contribution in [-0.4, -0.2) is 65.1 Å². The first-order chi connectivity index (χ1) is 13.8. The van der Waals surface area contributed by atoms with E-state index in [-0.39, 0.29) is 42.4 Å². The highest BCUT2D eigenvalue weighted by molar-refractivity contribution is 7.97. The van der Waals surface area contributed by atoms with Crippen molar-refractivity contribution in [1.29, 1.82) is 0 Å². The lowest BCUT2D eigenvalue weighted by atomic mass is 9.82. The lowest BCUT2D eigenvalue weighted by Crippen LogP contribution is -2.50. The van der Waals surface area contributed by atoms with E-state index in [0.29, 0.717) is 19.6 Å². The van der Waals surface area contributed by atoms with Crippen LogP contribution in [0.3, 0.4) is 0 Å². The summed E-state index contributed by atoms with van der Waals surface area (Å²) in [4.78, 5) is 14.6. The lowest BCUT2D eigenvalue weighted by molar-refractivity contribution is -0.136. The Morgan fingerprint density at radius 3 is 2.72 bits per heavy atom. The highest BCUT2D eigenvalue weighted by atomic mass is 32.2. The SMILES string of the molecule is C=S(C)(=O)N[C@H]1CCN2C(=O)COc3c(F)cccc3C3CCC(CC3)OCC12. The molecule has 6 nitrogen and oxygen atoms in total. The summed E-state index contributed by atoms with van der Waals surface area (Å²) in [7, 11) is -2.41. The predicted octanol–water partition coefficient (Wildman–Crippen LogP) is 2.08. The first-order valence-electron chi connectivity index (χ1n) is 10.2. The summed E-state index contributed by atoms with van der Waals surface area (Å²) in [6.45, 7) is 0.676. The number of hydrogen-bond donors (Lipinski definition) is 1. The maximum Gasteiger partial charge on any atom is 0.260 e. The number of carbonyl (C=O) groups is 1. The van der Waals surface area contributed by atoms with Gasteiger partial charge in [-0.25, -0.2) is 9.11 Å². The summed E-state index contributed by atoms with van der Waals surface area (Å²) < 4.78 is 41.7. The van der Waals surface area contributed by atoms with E-state index in [2.05, 4.69) is 10.6 Å². The van der Waals surface area contributed by atoms with Crippen molar-refractivity contribution in [2.24, 2.45) is 0 Å². The molecule has 160 valence electrons. The van der Waals surface area contributed by atoms with Crippen LogP contribution in [0.2, 0.25) is 0 Å². The highest BCUT2D eigenvalue weighted by Gasteiger charge is 2.39. The number of carbonyl (C=O) groups excluding carboxylic acids is 1. The molecule has 1 saturated heterocycles. The Labute approximate surface area is 171 Å². The van der Waals surface area contributed by atoms with Crippen LogP contribution in [0.5, 0.6) is 5.75 Å². The molecule has 29 heavy (non-hydrogen) atoms. The number of halogens is 1. The van der Waals surface area contributed by atoms with E-state index in [4.69, 9.17) is 9.47 Å². The van der Waals surface area contributed by atoms with Crippen molar-refractivity contribution in [2.45, 2.75) is 56.2 Å². The molecular formula is C21H29FN2O4S. The van der Waals surface area contributed by atoms with Crippen molar-refractivity contribution in [3.05, 3.63) is 29.6 Å². The molecule has 1 aromatic carbocycles. The average molecular weight is 425 g/mol. The lowest BCUT2D eigenvalue weighted by Gasteiger charge is -2.32. The Balaban J connectivity index is 1.62. The second kappa shape index (κ2) is 8.24. The molecule has 5 rings (SSSR count). The first kappa shape index (κ1) is 20.6. The molecule has 3 atom stereocenters. The van der Waals surface area contributed by atoms with Crippen LogP contribution in [0.1, 0.15) is 43.6 Å². The van der Waals surface area contributed by atoms with Gasteiger partial charge in [-0.1, -0.05) is 12.1 Å². The average Bonchev–Trinajstić information content (AvgIpc) is 3.06. The third-order valence-corrected chi connectivity index (χ3v) is 7.02. The molecule has 1 saturated carbocycles. The van der Waals surface area contributed by atoms with Crippen molar-refractivity contribution in [3.8, 4) is 5.75 Å². The van der Waals surface area contributed by atoms with E-state index in [0.717, 1.165) is 31.2 Å². The van der Waals surface area contributed by atoms with Gasteiger partial charge in [-0.15, -0.1) is 0 Å².